The Kier molecular flexibility index (Phi) is 5.60. The number of aliphatic imine (C=N–C) groups is 1. The van der Waals surface area contributed by atoms with Crippen LogP contribution < -0.4 is 0 Å². The van der Waals surface area contributed by atoms with Gasteiger partial charge in [0.25, 0.3) is 0 Å². The molecule has 0 unspecified atom stereocenters. The summed E-state index contributed by atoms with van der Waals surface area (Å²) < 4.78 is 39.6. The summed E-state index contributed by atoms with van der Waals surface area (Å²) in [5.74, 6) is -0.133. The summed E-state index contributed by atoms with van der Waals surface area (Å²) in [6.07, 6.45) is 1.40. The molecular formula is C16H24FN6O3P. The van der Waals surface area contributed by atoms with Gasteiger partial charge in [0.1, 0.15) is 19.8 Å². The van der Waals surface area contributed by atoms with Crippen LogP contribution in [0, 0.1) is 5.92 Å². The normalized spacial score (nSPS) is 26.3. The molecule has 0 radical (unpaired) electrons. The minimum Gasteiger partial charge on any atom is -0.369 e. The van der Waals surface area contributed by atoms with Crippen LogP contribution in [0.5, 0.6) is 0 Å². The van der Waals surface area contributed by atoms with Gasteiger partial charge < -0.3 is 18.9 Å². The van der Waals surface area contributed by atoms with Crippen molar-refractivity contribution >= 4 is 30.5 Å². The first kappa shape index (κ1) is 19.9. The van der Waals surface area contributed by atoms with Gasteiger partial charge >= 0.3 is 0 Å². The molecule has 0 bridgehead atoms. The molecule has 148 valence electrons. The van der Waals surface area contributed by atoms with E-state index in [1.807, 2.05) is 14.1 Å². The largest absolute Gasteiger partial charge is 0.369 e. The maximum atomic E-state index is 14.9. The van der Waals surface area contributed by atoms with E-state index in [0.717, 1.165) is 0 Å². The van der Waals surface area contributed by atoms with E-state index in [0.29, 0.717) is 17.0 Å². The van der Waals surface area contributed by atoms with E-state index in [4.69, 9.17) is 9.47 Å². The molecule has 0 aromatic carbocycles. The molecule has 27 heavy (non-hydrogen) atoms. The summed E-state index contributed by atoms with van der Waals surface area (Å²) >= 11 is 0. The lowest BCUT2D eigenvalue weighted by Gasteiger charge is -2.17. The third kappa shape index (κ3) is 4.34. The number of nitrogens with zero attached hydrogens (tertiary/aromatic N) is 6. The standard InChI is InChI=1S/C16H24FN6O3P/c1-10-11(17)15(26-16(10)25-9-27(4,5)24)23-8-20-12-13(21-7-22(2)3)18-6-19-14(12)23/h6-8,10-11,15-16H,9H2,1-5H3/t10-,11-,15+,16-/m0/s1. The lowest BCUT2D eigenvalue weighted by atomic mass is 10.1. The molecule has 4 atom stereocenters. The average molecular weight is 398 g/mol. The molecule has 0 saturated carbocycles. The van der Waals surface area contributed by atoms with E-state index in [2.05, 4.69) is 19.9 Å². The summed E-state index contributed by atoms with van der Waals surface area (Å²) in [6.45, 7) is 4.94. The number of alkyl halides is 1. The lowest BCUT2D eigenvalue weighted by molar-refractivity contribution is -0.151. The summed E-state index contributed by atoms with van der Waals surface area (Å²) in [4.78, 5) is 18.7. The van der Waals surface area contributed by atoms with Gasteiger partial charge in [-0.15, -0.1) is 0 Å². The maximum Gasteiger partial charge on any atom is 0.184 e. The minimum absolute atomic E-state index is 0.0394. The number of imidazole rings is 1. The molecule has 0 N–H and O–H groups in total. The van der Waals surface area contributed by atoms with Crippen LogP contribution in [-0.4, -0.2) is 77.0 Å². The van der Waals surface area contributed by atoms with Crippen LogP contribution in [0.25, 0.3) is 11.2 Å². The van der Waals surface area contributed by atoms with Crippen molar-refractivity contribution in [2.45, 2.75) is 25.6 Å². The van der Waals surface area contributed by atoms with Crippen molar-refractivity contribution < 1.29 is 18.4 Å². The first-order valence-corrected chi connectivity index (χ1v) is 11.3. The van der Waals surface area contributed by atoms with E-state index in [1.165, 1.54) is 17.2 Å². The molecule has 1 aliphatic rings. The van der Waals surface area contributed by atoms with Crippen LogP contribution in [0.1, 0.15) is 13.2 Å². The molecule has 3 rings (SSSR count). The molecule has 0 aliphatic carbocycles. The van der Waals surface area contributed by atoms with E-state index in [9.17, 15) is 8.96 Å². The van der Waals surface area contributed by atoms with Gasteiger partial charge in [0, 0.05) is 20.0 Å². The van der Waals surface area contributed by atoms with Crippen LogP contribution in [0.3, 0.4) is 0 Å². The van der Waals surface area contributed by atoms with Gasteiger partial charge in [0.05, 0.1) is 12.7 Å². The van der Waals surface area contributed by atoms with E-state index < -0.39 is 31.7 Å². The van der Waals surface area contributed by atoms with Crippen molar-refractivity contribution in [1.82, 2.24) is 24.4 Å². The Hall–Kier alpha value is -1.90. The Bertz CT molecular complexity index is 882. The first-order chi connectivity index (χ1) is 12.7. The highest BCUT2D eigenvalue weighted by molar-refractivity contribution is 7.62. The zero-order valence-corrected chi connectivity index (χ0v) is 16.9. The molecule has 0 spiro atoms. The van der Waals surface area contributed by atoms with E-state index >= 15 is 0 Å². The molecule has 2 aromatic heterocycles. The van der Waals surface area contributed by atoms with Crippen molar-refractivity contribution in [3.8, 4) is 0 Å². The molecule has 2 aromatic rings. The molecular weight excluding hydrogens is 374 g/mol. The first-order valence-electron chi connectivity index (χ1n) is 8.50. The second-order valence-electron chi connectivity index (χ2n) is 7.30. The Morgan fingerprint density at radius 3 is 2.81 bits per heavy atom. The van der Waals surface area contributed by atoms with Crippen molar-refractivity contribution in [2.75, 3.05) is 33.8 Å². The number of hydrogen-bond donors (Lipinski definition) is 0. The highest BCUT2D eigenvalue weighted by atomic mass is 31.2. The number of hydrogen-bond acceptors (Lipinski definition) is 7. The molecule has 11 heteroatoms. The van der Waals surface area contributed by atoms with Gasteiger partial charge in [-0.3, -0.25) is 4.57 Å². The second-order valence-corrected chi connectivity index (χ2v) is 10.7. The summed E-state index contributed by atoms with van der Waals surface area (Å²) in [7, 11) is 1.29. The third-order valence-electron chi connectivity index (χ3n) is 4.05. The predicted octanol–water partition coefficient (Wildman–Crippen LogP) is 2.47. The second kappa shape index (κ2) is 7.61. The fourth-order valence-corrected chi connectivity index (χ4v) is 3.21. The fourth-order valence-electron chi connectivity index (χ4n) is 2.70. The van der Waals surface area contributed by atoms with Gasteiger partial charge in [0.2, 0.25) is 0 Å². The zero-order valence-electron chi connectivity index (χ0n) is 16.0. The Morgan fingerprint density at radius 2 is 2.15 bits per heavy atom. The Morgan fingerprint density at radius 1 is 1.41 bits per heavy atom. The number of ether oxygens (including phenoxy) is 2. The van der Waals surface area contributed by atoms with Crippen molar-refractivity contribution in [3.63, 3.8) is 0 Å². The monoisotopic (exact) mass is 398 g/mol. The summed E-state index contributed by atoms with van der Waals surface area (Å²) in [6, 6.07) is 0. The minimum atomic E-state index is -2.39. The highest BCUT2D eigenvalue weighted by Crippen LogP contribution is 2.42. The average Bonchev–Trinajstić information content (AvgIpc) is 3.13. The molecule has 1 saturated heterocycles. The van der Waals surface area contributed by atoms with Gasteiger partial charge in [-0.25, -0.2) is 24.3 Å². The number of fused-ring (bicyclic) bond motifs is 1. The molecule has 0 amide bonds. The van der Waals surface area contributed by atoms with E-state index in [1.54, 1.807) is 31.5 Å². The van der Waals surface area contributed by atoms with Crippen LogP contribution in [0.2, 0.25) is 0 Å². The highest BCUT2D eigenvalue weighted by Gasteiger charge is 2.45. The molecule has 9 nitrogen and oxygen atoms in total. The molecule has 1 aliphatic heterocycles. The van der Waals surface area contributed by atoms with Crippen LogP contribution in [0.4, 0.5) is 10.2 Å². The van der Waals surface area contributed by atoms with Crippen LogP contribution in [-0.2, 0) is 14.0 Å². The lowest BCUT2D eigenvalue weighted by Crippen LogP contribution is -2.22. The third-order valence-corrected chi connectivity index (χ3v) is 4.82. The summed E-state index contributed by atoms with van der Waals surface area (Å²) in [5, 5.41) is 0. The predicted molar refractivity (Wildman–Crippen MR) is 101 cm³/mol. The Balaban J connectivity index is 1.87. The molecule has 3 heterocycles. The van der Waals surface area contributed by atoms with Crippen LogP contribution in [0.15, 0.2) is 17.6 Å². The van der Waals surface area contributed by atoms with Gasteiger partial charge in [0.15, 0.2) is 35.7 Å². The quantitative estimate of drug-likeness (QED) is 0.419. The molecule has 1 fully saturated rings. The number of halogens is 1. The van der Waals surface area contributed by atoms with E-state index in [-0.39, 0.29) is 6.35 Å². The SMILES string of the molecule is C[C@@H]1[C@@H](OCP(C)(C)=O)O[C@@H](n2cnc3c(N=CN(C)C)ncnc32)[C@H]1F. The number of aromatic nitrogens is 4. The summed E-state index contributed by atoms with van der Waals surface area (Å²) in [5.41, 5.74) is 0.878. The van der Waals surface area contributed by atoms with Gasteiger partial charge in [-0.05, 0) is 13.3 Å². The van der Waals surface area contributed by atoms with Crippen molar-refractivity contribution in [3.05, 3.63) is 12.7 Å². The number of rotatable bonds is 6. The van der Waals surface area contributed by atoms with Gasteiger partial charge in [-0.2, -0.15) is 0 Å². The van der Waals surface area contributed by atoms with Crippen LogP contribution >= 0.6 is 7.14 Å². The topological polar surface area (TPSA) is 94.7 Å². The smallest absolute Gasteiger partial charge is 0.184 e. The fraction of sp³-hybridized carbons (Fsp3) is 0.625. The maximum absolute atomic E-state index is 14.9. The van der Waals surface area contributed by atoms with Crippen molar-refractivity contribution in [2.24, 2.45) is 10.9 Å². The van der Waals surface area contributed by atoms with Crippen molar-refractivity contribution in [1.29, 1.82) is 0 Å². The Labute approximate surface area is 157 Å². The van der Waals surface area contributed by atoms with Gasteiger partial charge in [-0.1, -0.05) is 6.92 Å². The zero-order chi connectivity index (χ0) is 19.8.